The number of aliphatic imine (C=N–C) groups is 1. The van der Waals surface area contributed by atoms with E-state index in [0.717, 1.165) is 18.5 Å². The molecular formula is C9H8N. The van der Waals surface area contributed by atoms with Gasteiger partial charge in [0.25, 0.3) is 0 Å². The number of nitrogens with zero attached hydrogens (tertiary/aromatic N) is 1. The van der Waals surface area contributed by atoms with Crippen LogP contribution in [0.25, 0.3) is 0 Å². The highest BCUT2D eigenvalue weighted by Gasteiger charge is 2.02. The molecule has 0 spiro atoms. The van der Waals surface area contributed by atoms with Gasteiger partial charge in [-0.2, -0.15) is 0 Å². The van der Waals surface area contributed by atoms with E-state index in [4.69, 9.17) is 0 Å². The number of hydrogen-bond acceptors (Lipinski definition) is 1. The molecule has 2 rings (SSSR count). The molecule has 1 heterocycles. The summed E-state index contributed by atoms with van der Waals surface area (Å²) >= 11 is 0. The molecule has 0 atom stereocenters. The molecule has 0 unspecified atom stereocenters. The average Bonchev–Trinajstić information content (AvgIpc) is 2.05. The Morgan fingerprint density at radius 3 is 3.40 bits per heavy atom. The van der Waals surface area contributed by atoms with Crippen LogP contribution in [0.1, 0.15) is 12.0 Å². The third-order valence-electron chi connectivity index (χ3n) is 1.67. The van der Waals surface area contributed by atoms with E-state index < -0.39 is 0 Å². The molecule has 0 aliphatic carbocycles. The van der Waals surface area contributed by atoms with Crippen LogP contribution in [0.2, 0.25) is 0 Å². The normalized spacial score (nSPS) is 14.8. The highest BCUT2D eigenvalue weighted by Crippen LogP contribution is 2.21. The highest BCUT2D eigenvalue weighted by atomic mass is 14.7. The number of rotatable bonds is 0. The maximum Gasteiger partial charge on any atom is 0.0663 e. The molecule has 0 bridgehead atoms. The molecule has 0 amide bonds. The summed E-state index contributed by atoms with van der Waals surface area (Å²) in [5.41, 5.74) is 2.35. The first kappa shape index (κ1) is 5.66. The van der Waals surface area contributed by atoms with Crippen molar-refractivity contribution in [1.29, 1.82) is 0 Å². The zero-order valence-electron chi connectivity index (χ0n) is 5.67. The van der Waals surface area contributed by atoms with Crippen LogP contribution in [0.15, 0.2) is 23.2 Å². The Morgan fingerprint density at radius 1 is 1.50 bits per heavy atom. The lowest BCUT2D eigenvalue weighted by molar-refractivity contribution is 1.03. The average molecular weight is 130 g/mol. The van der Waals surface area contributed by atoms with Gasteiger partial charge < -0.3 is 0 Å². The van der Waals surface area contributed by atoms with Crippen molar-refractivity contribution in [3.8, 4) is 0 Å². The van der Waals surface area contributed by atoms with E-state index in [9.17, 15) is 0 Å². The summed E-state index contributed by atoms with van der Waals surface area (Å²) in [6, 6.07) is 9.12. The van der Waals surface area contributed by atoms with Crippen molar-refractivity contribution < 1.29 is 0 Å². The SMILES string of the molecule is [c]1cccc2c1CCC=N2. The molecule has 1 nitrogen and oxygen atoms in total. The standard InChI is InChI=1S/C9H8N/c1-2-6-9-8(4-1)5-3-7-10-9/h1-2,6-7H,3,5H2. The topological polar surface area (TPSA) is 12.4 Å². The maximum atomic E-state index is 4.24. The quantitative estimate of drug-likeness (QED) is 0.510. The molecule has 0 saturated carbocycles. The second-order valence-electron chi connectivity index (χ2n) is 2.38. The zero-order valence-corrected chi connectivity index (χ0v) is 5.67. The van der Waals surface area contributed by atoms with Gasteiger partial charge in [0.1, 0.15) is 0 Å². The van der Waals surface area contributed by atoms with Gasteiger partial charge >= 0.3 is 0 Å². The van der Waals surface area contributed by atoms with Crippen LogP contribution in [0, 0.1) is 6.07 Å². The Kier molecular flexibility index (Phi) is 1.28. The molecule has 1 aromatic carbocycles. The van der Waals surface area contributed by atoms with Crippen LogP contribution in [-0.2, 0) is 6.42 Å². The van der Waals surface area contributed by atoms with Crippen LogP contribution in [0.5, 0.6) is 0 Å². The Balaban J connectivity index is 2.54. The Hall–Kier alpha value is -1.11. The molecule has 1 aliphatic heterocycles. The maximum absolute atomic E-state index is 4.24. The van der Waals surface area contributed by atoms with Crippen LogP contribution in [-0.4, -0.2) is 6.21 Å². The molecule has 1 radical (unpaired) electrons. The van der Waals surface area contributed by atoms with Gasteiger partial charge in [-0.15, -0.1) is 0 Å². The number of fused-ring (bicyclic) bond motifs is 1. The van der Waals surface area contributed by atoms with Gasteiger partial charge in [0.05, 0.1) is 5.69 Å². The minimum absolute atomic E-state index is 1.06. The van der Waals surface area contributed by atoms with Crippen molar-refractivity contribution in [2.45, 2.75) is 12.8 Å². The fourth-order valence-corrected chi connectivity index (χ4v) is 1.16. The number of benzene rings is 1. The zero-order chi connectivity index (χ0) is 6.81. The van der Waals surface area contributed by atoms with Gasteiger partial charge in [0, 0.05) is 6.21 Å². The van der Waals surface area contributed by atoms with Crippen molar-refractivity contribution in [2.75, 3.05) is 0 Å². The van der Waals surface area contributed by atoms with Gasteiger partial charge in [-0.05, 0) is 30.5 Å². The summed E-state index contributed by atoms with van der Waals surface area (Å²) < 4.78 is 0. The fraction of sp³-hybridized carbons (Fsp3) is 0.222. The number of hydrogen-bond donors (Lipinski definition) is 0. The van der Waals surface area contributed by atoms with Gasteiger partial charge in [-0.3, -0.25) is 4.99 Å². The fourth-order valence-electron chi connectivity index (χ4n) is 1.16. The lowest BCUT2D eigenvalue weighted by Crippen LogP contribution is -1.92. The van der Waals surface area contributed by atoms with Gasteiger partial charge in [-0.25, -0.2) is 0 Å². The molecule has 1 heteroatoms. The molecule has 0 N–H and O–H groups in total. The third kappa shape index (κ3) is 0.838. The largest absolute Gasteiger partial charge is 0.261 e. The summed E-state index contributed by atoms with van der Waals surface area (Å²) in [7, 11) is 0. The van der Waals surface area contributed by atoms with E-state index in [-0.39, 0.29) is 0 Å². The van der Waals surface area contributed by atoms with Crippen molar-refractivity contribution in [2.24, 2.45) is 4.99 Å². The smallest absolute Gasteiger partial charge is 0.0663 e. The molecule has 0 saturated heterocycles. The summed E-state index contributed by atoms with van der Waals surface area (Å²) in [4.78, 5) is 4.24. The van der Waals surface area contributed by atoms with Crippen molar-refractivity contribution in [3.63, 3.8) is 0 Å². The van der Waals surface area contributed by atoms with Crippen LogP contribution in [0.4, 0.5) is 5.69 Å². The Morgan fingerprint density at radius 2 is 2.50 bits per heavy atom. The molecule has 0 fully saturated rings. The number of aryl methyl sites for hydroxylation is 1. The summed E-state index contributed by atoms with van der Waals surface area (Å²) in [5.74, 6) is 0. The monoisotopic (exact) mass is 130 g/mol. The van der Waals surface area contributed by atoms with Crippen LogP contribution >= 0.6 is 0 Å². The predicted molar refractivity (Wildman–Crippen MR) is 41.8 cm³/mol. The van der Waals surface area contributed by atoms with E-state index in [1.54, 1.807) is 0 Å². The van der Waals surface area contributed by atoms with E-state index in [1.807, 2.05) is 24.4 Å². The van der Waals surface area contributed by atoms with E-state index in [1.165, 1.54) is 5.56 Å². The second kappa shape index (κ2) is 2.25. The lowest BCUT2D eigenvalue weighted by atomic mass is 10.1. The first-order valence-electron chi connectivity index (χ1n) is 3.49. The van der Waals surface area contributed by atoms with Crippen molar-refractivity contribution in [1.82, 2.24) is 0 Å². The lowest BCUT2D eigenvalue weighted by Gasteiger charge is -2.06. The minimum atomic E-state index is 1.06. The van der Waals surface area contributed by atoms with E-state index >= 15 is 0 Å². The molecule has 1 aliphatic rings. The van der Waals surface area contributed by atoms with Gasteiger partial charge in [-0.1, -0.05) is 12.1 Å². The third-order valence-corrected chi connectivity index (χ3v) is 1.67. The van der Waals surface area contributed by atoms with Crippen LogP contribution in [0.3, 0.4) is 0 Å². The molecule has 49 valence electrons. The molecular weight excluding hydrogens is 122 g/mol. The molecule has 1 aromatic rings. The van der Waals surface area contributed by atoms with Crippen molar-refractivity contribution in [3.05, 3.63) is 29.8 Å². The summed E-state index contributed by atoms with van der Waals surface area (Å²) in [6.45, 7) is 0. The second-order valence-corrected chi connectivity index (χ2v) is 2.38. The first-order chi connectivity index (χ1) is 4.97. The van der Waals surface area contributed by atoms with Gasteiger partial charge in [0.15, 0.2) is 0 Å². The summed E-state index contributed by atoms with van der Waals surface area (Å²) in [5, 5.41) is 0. The predicted octanol–water partition coefficient (Wildman–Crippen LogP) is 2.14. The van der Waals surface area contributed by atoms with Crippen LogP contribution < -0.4 is 0 Å². The minimum Gasteiger partial charge on any atom is -0.261 e. The highest BCUT2D eigenvalue weighted by molar-refractivity contribution is 5.68. The Labute approximate surface area is 60.4 Å². The molecule has 0 aromatic heterocycles. The van der Waals surface area contributed by atoms with Crippen molar-refractivity contribution >= 4 is 11.9 Å². The Bertz CT molecular complexity index is 263. The first-order valence-corrected chi connectivity index (χ1v) is 3.49. The van der Waals surface area contributed by atoms with Gasteiger partial charge in [0.2, 0.25) is 0 Å². The van der Waals surface area contributed by atoms with E-state index in [2.05, 4.69) is 11.1 Å². The van der Waals surface area contributed by atoms with E-state index in [0.29, 0.717) is 0 Å². The molecule has 10 heavy (non-hydrogen) atoms. The summed E-state index contributed by atoms with van der Waals surface area (Å²) in [6.07, 6.45) is 4.13.